The van der Waals surface area contributed by atoms with Crippen molar-refractivity contribution in [2.24, 2.45) is 5.92 Å². The smallest absolute Gasteiger partial charge is 0.313 e. The van der Waals surface area contributed by atoms with Gasteiger partial charge in [-0.15, -0.1) is 0 Å². The maximum absolute atomic E-state index is 12.4. The predicted molar refractivity (Wildman–Crippen MR) is 106 cm³/mol. The Balaban J connectivity index is 2.03. The molecule has 0 heterocycles. The summed E-state index contributed by atoms with van der Waals surface area (Å²) in [5.74, 6) is -1.24. The minimum atomic E-state index is -0.709. The lowest BCUT2D eigenvalue weighted by Gasteiger charge is -2.23. The Morgan fingerprint density at radius 3 is 2.07 bits per heavy atom. The Labute approximate surface area is 160 Å². The van der Waals surface area contributed by atoms with Crippen molar-refractivity contribution < 1.29 is 9.59 Å². The minimum absolute atomic E-state index is 0.138. The zero-order valence-corrected chi connectivity index (χ0v) is 16.0. The highest BCUT2D eigenvalue weighted by Crippen LogP contribution is 2.22. The fourth-order valence-electron chi connectivity index (χ4n) is 2.79. The van der Waals surface area contributed by atoms with Crippen LogP contribution in [0.5, 0.6) is 0 Å². The van der Waals surface area contributed by atoms with Crippen molar-refractivity contribution in [1.29, 1.82) is 5.26 Å². The number of nitrogens with one attached hydrogen (secondary N) is 2. The first kappa shape index (κ1) is 20.2. The molecular formula is C22H25N3O2. The molecule has 2 amide bonds. The molecule has 0 fully saturated rings. The number of amides is 2. The van der Waals surface area contributed by atoms with Gasteiger partial charge in [-0.05, 0) is 41.2 Å². The largest absolute Gasteiger partial charge is 0.341 e. The number of nitrogens with zero attached hydrogens (tertiary/aromatic N) is 1. The number of carbonyl (C=O) groups is 2. The Hall–Kier alpha value is -3.13. The van der Waals surface area contributed by atoms with E-state index in [4.69, 9.17) is 5.26 Å². The van der Waals surface area contributed by atoms with Gasteiger partial charge in [0.05, 0.1) is 18.5 Å². The molecule has 2 rings (SSSR count). The highest BCUT2D eigenvalue weighted by Gasteiger charge is 2.22. The van der Waals surface area contributed by atoms with Crippen LogP contribution in [0.2, 0.25) is 0 Å². The van der Waals surface area contributed by atoms with Crippen molar-refractivity contribution in [2.45, 2.75) is 39.7 Å². The van der Waals surface area contributed by atoms with Gasteiger partial charge in [0.25, 0.3) is 0 Å². The first-order chi connectivity index (χ1) is 12.9. The summed E-state index contributed by atoms with van der Waals surface area (Å²) in [5, 5.41) is 14.1. The number of anilines is 1. The Morgan fingerprint density at radius 2 is 1.56 bits per heavy atom. The topological polar surface area (TPSA) is 82.0 Å². The zero-order chi connectivity index (χ0) is 19.8. The van der Waals surface area contributed by atoms with Gasteiger partial charge in [0.2, 0.25) is 0 Å². The van der Waals surface area contributed by atoms with Gasteiger partial charge in [0.15, 0.2) is 0 Å². The molecule has 5 heteroatoms. The highest BCUT2D eigenvalue weighted by molar-refractivity contribution is 6.39. The van der Waals surface area contributed by atoms with Crippen molar-refractivity contribution in [1.82, 2.24) is 5.32 Å². The second-order valence-electron chi connectivity index (χ2n) is 6.78. The van der Waals surface area contributed by atoms with Crippen LogP contribution in [0.25, 0.3) is 0 Å². The molecule has 0 aliphatic carbocycles. The first-order valence-corrected chi connectivity index (χ1v) is 9.11. The molecule has 0 aliphatic rings. The van der Waals surface area contributed by atoms with Crippen LogP contribution in [0.15, 0.2) is 48.5 Å². The summed E-state index contributed by atoms with van der Waals surface area (Å²) in [7, 11) is 0. The summed E-state index contributed by atoms with van der Waals surface area (Å²) in [4.78, 5) is 24.6. The third kappa shape index (κ3) is 5.68. The Kier molecular flexibility index (Phi) is 7.13. The SMILES string of the molecule is CCc1ccc(C(NC(=O)C(=O)Nc2ccc(CC#N)cc2)C(C)C)cc1. The molecule has 0 bridgehead atoms. The van der Waals surface area contributed by atoms with E-state index in [1.807, 2.05) is 38.1 Å². The van der Waals surface area contributed by atoms with Crippen LogP contribution in [-0.2, 0) is 22.4 Å². The summed E-state index contributed by atoms with van der Waals surface area (Å²) in [6.07, 6.45) is 1.26. The Morgan fingerprint density at radius 1 is 0.963 bits per heavy atom. The number of benzene rings is 2. The summed E-state index contributed by atoms with van der Waals surface area (Å²) in [5.41, 5.74) is 3.58. The molecule has 27 heavy (non-hydrogen) atoms. The number of rotatable bonds is 6. The lowest BCUT2D eigenvalue weighted by atomic mass is 9.95. The van der Waals surface area contributed by atoms with Gasteiger partial charge in [0.1, 0.15) is 0 Å². The van der Waals surface area contributed by atoms with Crippen molar-refractivity contribution in [3.8, 4) is 6.07 Å². The van der Waals surface area contributed by atoms with Crippen LogP contribution in [0.4, 0.5) is 5.69 Å². The fourth-order valence-corrected chi connectivity index (χ4v) is 2.79. The fraction of sp³-hybridized carbons (Fsp3) is 0.318. The quantitative estimate of drug-likeness (QED) is 0.767. The second-order valence-corrected chi connectivity index (χ2v) is 6.78. The number of aryl methyl sites for hydroxylation is 1. The number of hydrogen-bond acceptors (Lipinski definition) is 3. The molecule has 0 aliphatic heterocycles. The normalized spacial score (nSPS) is 11.5. The van der Waals surface area contributed by atoms with E-state index in [1.165, 1.54) is 5.56 Å². The van der Waals surface area contributed by atoms with E-state index in [-0.39, 0.29) is 12.0 Å². The van der Waals surface area contributed by atoms with E-state index in [9.17, 15) is 9.59 Å². The van der Waals surface area contributed by atoms with Gasteiger partial charge in [0, 0.05) is 5.69 Å². The van der Waals surface area contributed by atoms with Gasteiger partial charge in [-0.2, -0.15) is 5.26 Å². The maximum Gasteiger partial charge on any atom is 0.313 e. The lowest BCUT2D eigenvalue weighted by molar-refractivity contribution is -0.136. The molecule has 0 aromatic heterocycles. The summed E-state index contributed by atoms with van der Waals surface area (Å²) >= 11 is 0. The summed E-state index contributed by atoms with van der Waals surface area (Å²) in [6, 6.07) is 16.8. The van der Waals surface area contributed by atoms with E-state index in [0.29, 0.717) is 12.1 Å². The summed E-state index contributed by atoms with van der Waals surface area (Å²) < 4.78 is 0. The molecule has 140 valence electrons. The van der Waals surface area contributed by atoms with Crippen molar-refractivity contribution in [2.75, 3.05) is 5.32 Å². The monoisotopic (exact) mass is 363 g/mol. The molecule has 1 unspecified atom stereocenters. The van der Waals surface area contributed by atoms with E-state index >= 15 is 0 Å². The molecule has 2 N–H and O–H groups in total. The number of nitriles is 1. The minimum Gasteiger partial charge on any atom is -0.341 e. The molecule has 0 radical (unpaired) electrons. The van der Waals surface area contributed by atoms with Crippen molar-refractivity contribution in [3.05, 3.63) is 65.2 Å². The van der Waals surface area contributed by atoms with Gasteiger partial charge >= 0.3 is 11.8 Å². The van der Waals surface area contributed by atoms with E-state index in [0.717, 1.165) is 17.5 Å². The molecule has 1 atom stereocenters. The van der Waals surface area contributed by atoms with Crippen molar-refractivity contribution in [3.63, 3.8) is 0 Å². The van der Waals surface area contributed by atoms with E-state index < -0.39 is 11.8 Å². The van der Waals surface area contributed by atoms with E-state index in [1.54, 1.807) is 24.3 Å². The zero-order valence-electron chi connectivity index (χ0n) is 16.0. The van der Waals surface area contributed by atoms with Crippen LogP contribution < -0.4 is 10.6 Å². The van der Waals surface area contributed by atoms with Crippen LogP contribution >= 0.6 is 0 Å². The third-order valence-electron chi connectivity index (χ3n) is 4.40. The van der Waals surface area contributed by atoms with Gasteiger partial charge < -0.3 is 10.6 Å². The maximum atomic E-state index is 12.4. The number of carbonyl (C=O) groups excluding carboxylic acids is 2. The molecule has 0 spiro atoms. The highest BCUT2D eigenvalue weighted by atomic mass is 16.2. The summed E-state index contributed by atoms with van der Waals surface area (Å²) in [6.45, 7) is 6.10. The average Bonchev–Trinajstić information content (AvgIpc) is 2.67. The predicted octanol–water partition coefficient (Wildman–Crippen LogP) is 3.77. The van der Waals surface area contributed by atoms with Crippen LogP contribution in [0.3, 0.4) is 0 Å². The molecule has 2 aromatic carbocycles. The van der Waals surface area contributed by atoms with Gasteiger partial charge in [-0.1, -0.05) is 57.2 Å². The molecular weight excluding hydrogens is 338 g/mol. The first-order valence-electron chi connectivity index (χ1n) is 9.11. The van der Waals surface area contributed by atoms with E-state index in [2.05, 4.69) is 23.6 Å². The lowest BCUT2D eigenvalue weighted by Crippen LogP contribution is -2.39. The molecule has 5 nitrogen and oxygen atoms in total. The van der Waals surface area contributed by atoms with Crippen LogP contribution in [-0.4, -0.2) is 11.8 Å². The Bertz CT molecular complexity index is 818. The number of hydrogen-bond donors (Lipinski definition) is 2. The molecule has 2 aromatic rings. The third-order valence-corrected chi connectivity index (χ3v) is 4.40. The van der Waals surface area contributed by atoms with Crippen molar-refractivity contribution >= 4 is 17.5 Å². The van der Waals surface area contributed by atoms with Gasteiger partial charge in [-0.25, -0.2) is 0 Å². The molecule has 0 saturated heterocycles. The standard InChI is InChI=1S/C22H25N3O2/c1-4-16-5-9-18(10-6-16)20(15(2)3)25-22(27)21(26)24-19-11-7-17(8-12-19)13-14-23/h5-12,15,20H,4,13H2,1-3H3,(H,24,26)(H,25,27). The average molecular weight is 363 g/mol. The van der Waals surface area contributed by atoms with Crippen LogP contribution in [0.1, 0.15) is 43.5 Å². The second kappa shape index (κ2) is 9.54. The molecule has 0 saturated carbocycles. The van der Waals surface area contributed by atoms with Crippen LogP contribution in [0, 0.1) is 17.2 Å². The van der Waals surface area contributed by atoms with Gasteiger partial charge in [-0.3, -0.25) is 9.59 Å².